The number of ether oxygens (including phenoxy) is 2. The summed E-state index contributed by atoms with van der Waals surface area (Å²) >= 11 is 0. The van der Waals surface area contributed by atoms with Gasteiger partial charge in [-0.05, 0) is 31.2 Å². The molecule has 0 aliphatic carbocycles. The number of aromatic nitrogens is 1. The summed E-state index contributed by atoms with van der Waals surface area (Å²) in [6, 6.07) is 9.99. The van der Waals surface area contributed by atoms with Crippen molar-refractivity contribution in [3.8, 4) is 17.0 Å². The quantitative estimate of drug-likeness (QED) is 0.805. The molecular formula is C15H12F3NO3. The summed E-state index contributed by atoms with van der Waals surface area (Å²) in [7, 11) is 0. The molecule has 0 aliphatic heterocycles. The van der Waals surface area contributed by atoms with Gasteiger partial charge < -0.3 is 9.47 Å². The van der Waals surface area contributed by atoms with Gasteiger partial charge in [0.2, 0.25) is 0 Å². The predicted molar refractivity (Wildman–Crippen MR) is 72.3 cm³/mol. The Kier molecular flexibility index (Phi) is 4.65. The third-order valence-electron chi connectivity index (χ3n) is 2.60. The minimum Gasteiger partial charge on any atom is -0.461 e. The van der Waals surface area contributed by atoms with Gasteiger partial charge in [-0.2, -0.15) is 0 Å². The van der Waals surface area contributed by atoms with Gasteiger partial charge in [-0.15, -0.1) is 13.2 Å². The van der Waals surface area contributed by atoms with Gasteiger partial charge in [0.15, 0.2) is 0 Å². The van der Waals surface area contributed by atoms with Crippen LogP contribution < -0.4 is 4.74 Å². The van der Waals surface area contributed by atoms with Gasteiger partial charge >= 0.3 is 12.3 Å². The normalized spacial score (nSPS) is 11.1. The van der Waals surface area contributed by atoms with Crippen LogP contribution in [0.25, 0.3) is 11.3 Å². The monoisotopic (exact) mass is 311 g/mol. The van der Waals surface area contributed by atoms with E-state index >= 15 is 0 Å². The van der Waals surface area contributed by atoms with Gasteiger partial charge in [0.25, 0.3) is 0 Å². The summed E-state index contributed by atoms with van der Waals surface area (Å²) in [4.78, 5) is 15.7. The standard InChI is InChI=1S/C15H12F3NO3/c1-2-21-14(20)13-8-4-7-12(19-13)10-5-3-6-11(9-10)22-15(16,17)18/h3-9H,2H2,1H3. The van der Waals surface area contributed by atoms with Crippen molar-refractivity contribution in [2.75, 3.05) is 6.61 Å². The molecule has 0 saturated heterocycles. The lowest BCUT2D eigenvalue weighted by atomic mass is 10.1. The fraction of sp³-hybridized carbons (Fsp3) is 0.200. The molecule has 2 aromatic rings. The molecule has 0 fully saturated rings. The highest BCUT2D eigenvalue weighted by Crippen LogP contribution is 2.27. The van der Waals surface area contributed by atoms with Crippen LogP contribution in [0.3, 0.4) is 0 Å². The molecule has 0 aliphatic rings. The molecule has 1 heterocycles. The van der Waals surface area contributed by atoms with Crippen molar-refractivity contribution in [1.82, 2.24) is 4.98 Å². The molecule has 0 spiro atoms. The van der Waals surface area contributed by atoms with Crippen LogP contribution in [-0.4, -0.2) is 23.9 Å². The number of carbonyl (C=O) groups excluding carboxylic acids is 1. The van der Waals surface area contributed by atoms with Crippen molar-refractivity contribution < 1.29 is 27.4 Å². The van der Waals surface area contributed by atoms with Crippen LogP contribution >= 0.6 is 0 Å². The average Bonchev–Trinajstić information content (AvgIpc) is 2.46. The Morgan fingerprint density at radius 2 is 1.91 bits per heavy atom. The fourth-order valence-electron chi connectivity index (χ4n) is 1.77. The Labute approximate surface area is 124 Å². The van der Waals surface area contributed by atoms with E-state index in [0.29, 0.717) is 11.3 Å². The first-order valence-electron chi connectivity index (χ1n) is 6.39. The lowest BCUT2D eigenvalue weighted by Gasteiger charge is -2.10. The number of hydrogen-bond donors (Lipinski definition) is 0. The number of nitrogens with zero attached hydrogens (tertiary/aromatic N) is 1. The number of esters is 1. The van der Waals surface area contributed by atoms with Gasteiger partial charge in [0.1, 0.15) is 11.4 Å². The number of hydrogen-bond acceptors (Lipinski definition) is 4. The molecule has 1 aromatic carbocycles. The number of benzene rings is 1. The molecule has 22 heavy (non-hydrogen) atoms. The minimum absolute atomic E-state index is 0.0847. The largest absolute Gasteiger partial charge is 0.573 e. The predicted octanol–water partition coefficient (Wildman–Crippen LogP) is 3.82. The molecule has 4 nitrogen and oxygen atoms in total. The van der Waals surface area contributed by atoms with Crippen LogP contribution in [0.2, 0.25) is 0 Å². The third-order valence-corrected chi connectivity index (χ3v) is 2.60. The van der Waals surface area contributed by atoms with Crippen molar-refractivity contribution in [3.05, 3.63) is 48.2 Å². The topological polar surface area (TPSA) is 48.4 Å². The Morgan fingerprint density at radius 1 is 1.18 bits per heavy atom. The van der Waals surface area contributed by atoms with Crippen molar-refractivity contribution in [3.63, 3.8) is 0 Å². The maximum Gasteiger partial charge on any atom is 0.573 e. The van der Waals surface area contributed by atoms with Crippen LogP contribution in [0, 0.1) is 0 Å². The first kappa shape index (κ1) is 15.8. The van der Waals surface area contributed by atoms with E-state index < -0.39 is 12.3 Å². The van der Waals surface area contributed by atoms with Crippen molar-refractivity contribution >= 4 is 5.97 Å². The molecule has 0 N–H and O–H groups in total. The van der Waals surface area contributed by atoms with E-state index in [2.05, 4.69) is 9.72 Å². The Morgan fingerprint density at radius 3 is 2.59 bits per heavy atom. The Hall–Kier alpha value is -2.57. The van der Waals surface area contributed by atoms with Crippen LogP contribution in [0.4, 0.5) is 13.2 Å². The minimum atomic E-state index is -4.77. The summed E-state index contributed by atoms with van der Waals surface area (Å²) in [6.07, 6.45) is -4.77. The van der Waals surface area contributed by atoms with Crippen LogP contribution in [0.5, 0.6) is 5.75 Å². The lowest BCUT2D eigenvalue weighted by Crippen LogP contribution is -2.17. The molecule has 0 atom stereocenters. The van der Waals surface area contributed by atoms with Gasteiger partial charge in [0.05, 0.1) is 12.3 Å². The Balaban J connectivity index is 2.30. The average molecular weight is 311 g/mol. The summed E-state index contributed by atoms with van der Waals surface area (Å²) in [5.41, 5.74) is 0.826. The zero-order chi connectivity index (χ0) is 16.2. The van der Waals surface area contributed by atoms with E-state index in [1.807, 2.05) is 0 Å². The molecular weight excluding hydrogens is 299 g/mol. The van der Waals surface area contributed by atoms with E-state index in [-0.39, 0.29) is 18.1 Å². The molecule has 2 rings (SSSR count). The Bertz CT molecular complexity index is 671. The second-order valence-electron chi connectivity index (χ2n) is 4.20. The highest BCUT2D eigenvalue weighted by molar-refractivity contribution is 5.87. The molecule has 116 valence electrons. The van der Waals surface area contributed by atoms with E-state index in [1.165, 1.54) is 24.3 Å². The molecule has 7 heteroatoms. The maximum absolute atomic E-state index is 12.2. The highest BCUT2D eigenvalue weighted by Gasteiger charge is 2.31. The lowest BCUT2D eigenvalue weighted by molar-refractivity contribution is -0.274. The SMILES string of the molecule is CCOC(=O)c1cccc(-c2cccc(OC(F)(F)F)c2)n1. The molecule has 1 aromatic heterocycles. The van der Waals surface area contributed by atoms with Crippen LogP contribution in [0.1, 0.15) is 17.4 Å². The van der Waals surface area contributed by atoms with Crippen molar-refractivity contribution in [2.45, 2.75) is 13.3 Å². The first-order valence-corrected chi connectivity index (χ1v) is 6.39. The maximum atomic E-state index is 12.2. The summed E-state index contributed by atoms with van der Waals surface area (Å²) in [5, 5.41) is 0. The van der Waals surface area contributed by atoms with Crippen molar-refractivity contribution in [2.24, 2.45) is 0 Å². The fourth-order valence-corrected chi connectivity index (χ4v) is 1.77. The van der Waals surface area contributed by atoms with E-state index in [4.69, 9.17) is 4.74 Å². The molecule has 0 saturated carbocycles. The van der Waals surface area contributed by atoms with E-state index in [9.17, 15) is 18.0 Å². The number of carbonyl (C=O) groups is 1. The molecule has 0 unspecified atom stereocenters. The second-order valence-corrected chi connectivity index (χ2v) is 4.20. The van der Waals surface area contributed by atoms with Gasteiger partial charge in [0, 0.05) is 5.56 Å². The third kappa shape index (κ3) is 4.21. The van der Waals surface area contributed by atoms with E-state index in [0.717, 1.165) is 0 Å². The van der Waals surface area contributed by atoms with Gasteiger partial charge in [-0.25, -0.2) is 9.78 Å². The zero-order valence-electron chi connectivity index (χ0n) is 11.6. The smallest absolute Gasteiger partial charge is 0.461 e. The van der Waals surface area contributed by atoms with Crippen LogP contribution in [0.15, 0.2) is 42.5 Å². The second kappa shape index (κ2) is 6.46. The summed E-state index contributed by atoms with van der Waals surface area (Å²) in [6.45, 7) is 1.87. The number of rotatable bonds is 4. The summed E-state index contributed by atoms with van der Waals surface area (Å²) < 4.78 is 45.4. The van der Waals surface area contributed by atoms with Gasteiger partial charge in [-0.1, -0.05) is 18.2 Å². The molecule has 0 bridgehead atoms. The highest BCUT2D eigenvalue weighted by atomic mass is 19.4. The zero-order valence-corrected chi connectivity index (χ0v) is 11.6. The first-order chi connectivity index (χ1) is 10.4. The number of halogens is 3. The van der Waals surface area contributed by atoms with Gasteiger partial charge in [-0.3, -0.25) is 0 Å². The van der Waals surface area contributed by atoms with E-state index in [1.54, 1.807) is 25.1 Å². The van der Waals surface area contributed by atoms with Crippen LogP contribution in [-0.2, 0) is 4.74 Å². The molecule has 0 amide bonds. The molecule has 0 radical (unpaired) electrons. The van der Waals surface area contributed by atoms with Crippen molar-refractivity contribution in [1.29, 1.82) is 0 Å². The number of alkyl halides is 3. The number of pyridine rings is 1. The summed E-state index contributed by atoms with van der Waals surface area (Å²) in [5.74, 6) is -0.944.